The molecule has 116 valence electrons. The Morgan fingerprint density at radius 2 is 2.19 bits per heavy atom. The second-order valence-corrected chi connectivity index (χ2v) is 6.54. The van der Waals surface area contributed by atoms with Crippen LogP contribution in [-0.4, -0.2) is 57.0 Å². The van der Waals surface area contributed by atoms with Gasteiger partial charge in [0.15, 0.2) is 4.90 Å². The third kappa shape index (κ3) is 3.38. The van der Waals surface area contributed by atoms with Crippen molar-refractivity contribution < 1.29 is 18.1 Å². The Kier molecular flexibility index (Phi) is 4.88. The summed E-state index contributed by atoms with van der Waals surface area (Å²) in [6.07, 6.45) is -0.263. The zero-order valence-corrected chi connectivity index (χ0v) is 12.4. The molecule has 21 heavy (non-hydrogen) atoms. The van der Waals surface area contributed by atoms with Crippen LogP contribution in [0.4, 0.5) is 5.69 Å². The molecule has 1 aromatic carbocycles. The van der Waals surface area contributed by atoms with Crippen LogP contribution < -0.4 is 5.32 Å². The van der Waals surface area contributed by atoms with Crippen molar-refractivity contribution in [2.75, 3.05) is 33.3 Å². The summed E-state index contributed by atoms with van der Waals surface area (Å²) in [5.41, 5.74) is -0.408. The molecule has 0 amide bonds. The lowest BCUT2D eigenvalue weighted by Crippen LogP contribution is -2.48. The van der Waals surface area contributed by atoms with Gasteiger partial charge in [-0.1, -0.05) is 12.1 Å². The van der Waals surface area contributed by atoms with E-state index in [4.69, 9.17) is 4.74 Å². The molecule has 1 heterocycles. The van der Waals surface area contributed by atoms with E-state index in [2.05, 4.69) is 5.32 Å². The van der Waals surface area contributed by atoms with E-state index in [1.165, 1.54) is 28.6 Å². The van der Waals surface area contributed by atoms with E-state index >= 15 is 0 Å². The molecule has 1 atom stereocenters. The molecule has 2 rings (SSSR count). The molecular weight excluding hydrogens is 298 g/mol. The summed E-state index contributed by atoms with van der Waals surface area (Å²) < 4.78 is 31.9. The molecule has 1 fully saturated rings. The van der Waals surface area contributed by atoms with Crippen LogP contribution in [0.1, 0.15) is 0 Å². The molecule has 0 saturated carbocycles. The topological polar surface area (TPSA) is 102 Å². The highest BCUT2D eigenvalue weighted by molar-refractivity contribution is 7.89. The van der Waals surface area contributed by atoms with E-state index in [1.807, 2.05) is 0 Å². The Balaban J connectivity index is 2.32. The van der Waals surface area contributed by atoms with Crippen molar-refractivity contribution >= 4 is 15.7 Å². The van der Waals surface area contributed by atoms with E-state index in [-0.39, 0.29) is 30.7 Å². The summed E-state index contributed by atoms with van der Waals surface area (Å²) in [5, 5.41) is 13.9. The molecule has 0 spiro atoms. The summed E-state index contributed by atoms with van der Waals surface area (Å²) >= 11 is 0. The standard InChI is InChI=1S/C12H17N3O5S/c1-13-8-10-9-14(6-7-20-10)21(18,19)12-5-3-2-4-11(12)15(16)17/h2-5,10,13H,6-9H2,1H3. The van der Waals surface area contributed by atoms with E-state index < -0.39 is 20.6 Å². The van der Waals surface area contributed by atoms with Crippen LogP contribution in [0.3, 0.4) is 0 Å². The summed E-state index contributed by atoms with van der Waals surface area (Å²) in [5.74, 6) is 0. The molecule has 0 aliphatic carbocycles. The average molecular weight is 315 g/mol. The maximum atomic E-state index is 12.6. The summed E-state index contributed by atoms with van der Waals surface area (Å²) in [6, 6.07) is 5.38. The predicted octanol–water partition coefficient (Wildman–Crippen LogP) is 0.204. The number of ether oxygens (including phenoxy) is 1. The first-order valence-electron chi connectivity index (χ1n) is 6.46. The normalized spacial score (nSPS) is 20.3. The number of nitro benzene ring substituents is 1. The Bertz CT molecular complexity index is 617. The number of hydrogen-bond acceptors (Lipinski definition) is 6. The van der Waals surface area contributed by atoms with Gasteiger partial charge in [0.2, 0.25) is 10.0 Å². The second kappa shape index (κ2) is 6.48. The monoisotopic (exact) mass is 315 g/mol. The minimum absolute atomic E-state index is 0.176. The Morgan fingerprint density at radius 3 is 2.86 bits per heavy atom. The SMILES string of the molecule is CNCC1CN(S(=O)(=O)c2ccccc2[N+](=O)[O-])CCO1. The molecule has 0 aromatic heterocycles. The fourth-order valence-electron chi connectivity index (χ4n) is 2.23. The van der Waals surface area contributed by atoms with Crippen molar-refractivity contribution in [1.82, 2.24) is 9.62 Å². The van der Waals surface area contributed by atoms with Crippen molar-refractivity contribution in [2.24, 2.45) is 0 Å². The van der Waals surface area contributed by atoms with Gasteiger partial charge in [-0.3, -0.25) is 10.1 Å². The van der Waals surface area contributed by atoms with Crippen LogP contribution >= 0.6 is 0 Å². The number of morpholine rings is 1. The van der Waals surface area contributed by atoms with Crippen molar-refractivity contribution in [3.8, 4) is 0 Å². The number of nitro groups is 1. The predicted molar refractivity (Wildman–Crippen MR) is 75.5 cm³/mol. The lowest BCUT2D eigenvalue weighted by molar-refractivity contribution is -0.387. The van der Waals surface area contributed by atoms with E-state index in [0.717, 1.165) is 0 Å². The summed E-state index contributed by atoms with van der Waals surface area (Å²) in [7, 11) is -2.16. The first-order valence-corrected chi connectivity index (χ1v) is 7.90. The van der Waals surface area contributed by atoms with Crippen LogP contribution in [0.25, 0.3) is 0 Å². The van der Waals surface area contributed by atoms with Gasteiger partial charge in [-0.2, -0.15) is 4.31 Å². The molecule has 8 nitrogen and oxygen atoms in total. The second-order valence-electron chi connectivity index (χ2n) is 4.64. The number of sulfonamides is 1. The van der Waals surface area contributed by atoms with Crippen LogP contribution in [0, 0.1) is 10.1 Å². The molecule has 1 unspecified atom stereocenters. The maximum absolute atomic E-state index is 12.6. The number of rotatable bonds is 5. The maximum Gasteiger partial charge on any atom is 0.289 e. The van der Waals surface area contributed by atoms with E-state index in [9.17, 15) is 18.5 Å². The number of para-hydroxylation sites is 1. The molecule has 1 aromatic rings. The fraction of sp³-hybridized carbons (Fsp3) is 0.500. The Hall–Kier alpha value is -1.55. The molecule has 0 radical (unpaired) electrons. The van der Waals surface area contributed by atoms with Crippen molar-refractivity contribution in [1.29, 1.82) is 0 Å². The van der Waals surface area contributed by atoms with Crippen molar-refractivity contribution in [2.45, 2.75) is 11.0 Å². The van der Waals surface area contributed by atoms with Crippen LogP contribution in [0.5, 0.6) is 0 Å². The van der Waals surface area contributed by atoms with Crippen molar-refractivity contribution in [3.05, 3.63) is 34.4 Å². The van der Waals surface area contributed by atoms with Gasteiger partial charge in [0.1, 0.15) is 0 Å². The van der Waals surface area contributed by atoms with E-state index in [1.54, 1.807) is 7.05 Å². The number of nitrogens with zero attached hydrogens (tertiary/aromatic N) is 2. The summed E-state index contributed by atoms with van der Waals surface area (Å²) in [4.78, 5) is 10.0. The lowest BCUT2D eigenvalue weighted by Gasteiger charge is -2.31. The van der Waals surface area contributed by atoms with Crippen LogP contribution in [-0.2, 0) is 14.8 Å². The minimum atomic E-state index is -3.91. The first-order chi connectivity index (χ1) is 9.96. The molecular formula is C12H17N3O5S. The minimum Gasteiger partial charge on any atom is -0.374 e. The summed E-state index contributed by atoms with van der Waals surface area (Å²) in [6.45, 7) is 1.15. The Labute approximate surface area is 122 Å². The lowest BCUT2D eigenvalue weighted by atomic mass is 10.3. The van der Waals surface area contributed by atoms with Gasteiger partial charge < -0.3 is 10.1 Å². The van der Waals surface area contributed by atoms with Gasteiger partial charge in [-0.05, 0) is 13.1 Å². The third-order valence-corrected chi connectivity index (χ3v) is 5.13. The molecule has 1 aliphatic heterocycles. The van der Waals surface area contributed by atoms with Gasteiger partial charge in [0.05, 0.1) is 17.6 Å². The molecule has 1 saturated heterocycles. The molecule has 0 bridgehead atoms. The zero-order chi connectivity index (χ0) is 15.5. The van der Waals surface area contributed by atoms with Gasteiger partial charge >= 0.3 is 0 Å². The number of hydrogen-bond donors (Lipinski definition) is 1. The molecule has 1 N–H and O–H groups in total. The highest BCUT2D eigenvalue weighted by atomic mass is 32.2. The smallest absolute Gasteiger partial charge is 0.289 e. The Morgan fingerprint density at radius 1 is 1.48 bits per heavy atom. The molecule has 1 aliphatic rings. The highest BCUT2D eigenvalue weighted by Gasteiger charge is 2.34. The van der Waals surface area contributed by atoms with Gasteiger partial charge in [0.25, 0.3) is 5.69 Å². The van der Waals surface area contributed by atoms with E-state index in [0.29, 0.717) is 6.54 Å². The van der Waals surface area contributed by atoms with Crippen molar-refractivity contribution in [3.63, 3.8) is 0 Å². The third-order valence-electron chi connectivity index (χ3n) is 3.21. The first kappa shape index (κ1) is 15.8. The number of nitrogens with one attached hydrogen (secondary N) is 1. The fourth-order valence-corrected chi connectivity index (χ4v) is 3.84. The van der Waals surface area contributed by atoms with Gasteiger partial charge in [-0.25, -0.2) is 8.42 Å². The average Bonchev–Trinajstić information content (AvgIpc) is 2.48. The largest absolute Gasteiger partial charge is 0.374 e. The van der Waals surface area contributed by atoms with Crippen LogP contribution in [0.2, 0.25) is 0 Å². The van der Waals surface area contributed by atoms with Crippen LogP contribution in [0.15, 0.2) is 29.2 Å². The van der Waals surface area contributed by atoms with Gasteiger partial charge in [-0.15, -0.1) is 0 Å². The number of likely N-dealkylation sites (N-methyl/N-ethyl adjacent to an activating group) is 1. The quantitative estimate of drug-likeness (QED) is 0.615. The zero-order valence-electron chi connectivity index (χ0n) is 11.6. The molecule has 9 heteroatoms. The van der Waals surface area contributed by atoms with Gasteiger partial charge in [0, 0.05) is 25.7 Å². The number of benzene rings is 1. The highest BCUT2D eigenvalue weighted by Crippen LogP contribution is 2.27.